The molecule has 0 radical (unpaired) electrons. The minimum atomic E-state index is 0.233. The predicted octanol–water partition coefficient (Wildman–Crippen LogP) is 6.38. The molecule has 1 N–H and O–H groups in total. The molecule has 0 aliphatic heterocycles. The van der Waals surface area contributed by atoms with Gasteiger partial charge in [0.15, 0.2) is 0 Å². The Balaban J connectivity index is 1.59. The highest BCUT2D eigenvalue weighted by molar-refractivity contribution is 5.76. The van der Waals surface area contributed by atoms with E-state index in [1.54, 1.807) is 18.5 Å². The molecule has 0 unspecified atom stereocenters. The van der Waals surface area contributed by atoms with Crippen molar-refractivity contribution in [2.45, 2.75) is 0 Å². The van der Waals surface area contributed by atoms with Gasteiger partial charge in [-0.3, -0.25) is 9.88 Å². The molecule has 0 saturated heterocycles. The fraction of sp³-hybridized carbons (Fsp3) is 0. The van der Waals surface area contributed by atoms with E-state index < -0.39 is 0 Å². The Bertz CT molecular complexity index is 1300. The minimum Gasteiger partial charge on any atom is -0.507 e. The summed E-state index contributed by atoms with van der Waals surface area (Å²) in [5, 5.41) is 10.2. The van der Waals surface area contributed by atoms with Crippen LogP contribution < -0.4 is 4.90 Å². The normalized spacial score (nSPS) is 10.6. The predicted molar refractivity (Wildman–Crippen MR) is 127 cm³/mol. The molecule has 3 heterocycles. The van der Waals surface area contributed by atoms with Gasteiger partial charge in [0.25, 0.3) is 0 Å². The molecule has 5 rings (SSSR count). The standard InChI is InChI=1S/C27H20N4O/c32-25-13-5-4-11-22(25)20-16-18-28-24(19-20)23-12-8-15-27(30-23)31(21-9-2-1-3-10-21)26-14-6-7-17-29-26/h1-19,32H. The van der Waals surface area contributed by atoms with E-state index in [0.29, 0.717) is 0 Å². The Kier molecular flexibility index (Phi) is 5.29. The number of nitrogens with zero attached hydrogens (tertiary/aromatic N) is 4. The van der Waals surface area contributed by atoms with Crippen molar-refractivity contribution in [3.05, 3.63) is 116 Å². The molecule has 0 amide bonds. The van der Waals surface area contributed by atoms with Crippen LogP contribution in [0.1, 0.15) is 0 Å². The maximum atomic E-state index is 10.2. The molecule has 0 bridgehead atoms. The van der Waals surface area contributed by atoms with E-state index in [0.717, 1.165) is 39.8 Å². The Hall–Kier alpha value is -4.51. The quantitative estimate of drug-likeness (QED) is 0.360. The first-order valence-electron chi connectivity index (χ1n) is 10.3. The number of phenols is 1. The first-order chi connectivity index (χ1) is 15.8. The van der Waals surface area contributed by atoms with Gasteiger partial charge in [0, 0.05) is 23.6 Å². The van der Waals surface area contributed by atoms with Crippen LogP contribution in [0.2, 0.25) is 0 Å². The molecule has 0 aliphatic carbocycles. The van der Waals surface area contributed by atoms with Crippen LogP contribution in [0.5, 0.6) is 5.75 Å². The maximum absolute atomic E-state index is 10.2. The van der Waals surface area contributed by atoms with Gasteiger partial charge in [0.05, 0.1) is 11.4 Å². The number of rotatable bonds is 5. The van der Waals surface area contributed by atoms with Crippen molar-refractivity contribution in [2.24, 2.45) is 0 Å². The highest BCUT2D eigenvalue weighted by atomic mass is 16.3. The first-order valence-corrected chi connectivity index (χ1v) is 10.3. The van der Waals surface area contributed by atoms with E-state index in [2.05, 4.69) is 9.97 Å². The molecule has 0 spiro atoms. The van der Waals surface area contributed by atoms with E-state index >= 15 is 0 Å². The molecule has 0 saturated carbocycles. The monoisotopic (exact) mass is 416 g/mol. The fourth-order valence-electron chi connectivity index (χ4n) is 3.59. The Morgan fingerprint density at radius 3 is 2.19 bits per heavy atom. The van der Waals surface area contributed by atoms with E-state index in [1.165, 1.54) is 0 Å². The number of anilines is 3. The topological polar surface area (TPSA) is 62.1 Å². The van der Waals surface area contributed by atoms with Crippen LogP contribution in [0.15, 0.2) is 116 Å². The Morgan fingerprint density at radius 1 is 0.594 bits per heavy atom. The van der Waals surface area contributed by atoms with Crippen molar-refractivity contribution in [1.82, 2.24) is 15.0 Å². The molecule has 2 aromatic carbocycles. The Labute approximate surface area is 186 Å². The average Bonchev–Trinajstić information content (AvgIpc) is 2.86. The third kappa shape index (κ3) is 3.91. The van der Waals surface area contributed by atoms with E-state index in [9.17, 15) is 5.11 Å². The molecule has 0 fully saturated rings. The number of para-hydroxylation sites is 2. The zero-order valence-corrected chi connectivity index (χ0v) is 17.2. The van der Waals surface area contributed by atoms with E-state index in [1.807, 2.05) is 102 Å². The van der Waals surface area contributed by atoms with Crippen LogP contribution in [0.4, 0.5) is 17.3 Å². The third-order valence-electron chi connectivity index (χ3n) is 5.09. The van der Waals surface area contributed by atoms with Gasteiger partial charge in [-0.1, -0.05) is 48.5 Å². The average molecular weight is 416 g/mol. The largest absolute Gasteiger partial charge is 0.507 e. The van der Waals surface area contributed by atoms with Gasteiger partial charge < -0.3 is 5.11 Å². The SMILES string of the molecule is Oc1ccccc1-c1ccnc(-c2cccc(N(c3ccccc3)c3ccccn3)n2)c1. The molecular weight excluding hydrogens is 396 g/mol. The number of aromatic hydroxyl groups is 1. The lowest BCUT2D eigenvalue weighted by molar-refractivity contribution is 0.477. The number of hydrogen-bond donors (Lipinski definition) is 1. The van der Waals surface area contributed by atoms with Crippen LogP contribution in [-0.2, 0) is 0 Å². The highest BCUT2D eigenvalue weighted by Gasteiger charge is 2.16. The molecule has 0 atom stereocenters. The van der Waals surface area contributed by atoms with Crippen LogP contribution in [-0.4, -0.2) is 20.1 Å². The van der Waals surface area contributed by atoms with Crippen molar-refractivity contribution >= 4 is 17.3 Å². The molecule has 5 heteroatoms. The number of phenolic OH excluding ortho intramolecular Hbond substituents is 1. The smallest absolute Gasteiger partial charge is 0.139 e. The molecule has 0 aliphatic rings. The van der Waals surface area contributed by atoms with Gasteiger partial charge in [0.1, 0.15) is 17.4 Å². The van der Waals surface area contributed by atoms with Gasteiger partial charge in [-0.15, -0.1) is 0 Å². The number of aromatic nitrogens is 3. The van der Waals surface area contributed by atoms with Crippen LogP contribution in [0, 0.1) is 0 Å². The molecule has 154 valence electrons. The van der Waals surface area contributed by atoms with Crippen LogP contribution >= 0.6 is 0 Å². The third-order valence-corrected chi connectivity index (χ3v) is 5.09. The second-order valence-corrected chi connectivity index (χ2v) is 7.19. The number of benzene rings is 2. The Morgan fingerprint density at radius 2 is 1.38 bits per heavy atom. The summed E-state index contributed by atoms with van der Waals surface area (Å²) in [4.78, 5) is 16.0. The molecule has 3 aromatic heterocycles. The minimum absolute atomic E-state index is 0.233. The number of hydrogen-bond acceptors (Lipinski definition) is 5. The molecule has 5 nitrogen and oxygen atoms in total. The van der Waals surface area contributed by atoms with Crippen molar-refractivity contribution in [2.75, 3.05) is 4.90 Å². The van der Waals surface area contributed by atoms with Gasteiger partial charge >= 0.3 is 0 Å². The molecule has 5 aromatic rings. The van der Waals surface area contributed by atoms with E-state index in [-0.39, 0.29) is 5.75 Å². The van der Waals surface area contributed by atoms with Crippen molar-refractivity contribution in [3.8, 4) is 28.3 Å². The van der Waals surface area contributed by atoms with Crippen LogP contribution in [0.25, 0.3) is 22.5 Å². The second-order valence-electron chi connectivity index (χ2n) is 7.19. The van der Waals surface area contributed by atoms with Crippen molar-refractivity contribution in [1.29, 1.82) is 0 Å². The maximum Gasteiger partial charge on any atom is 0.139 e. The molecular formula is C27H20N4O. The zero-order valence-electron chi connectivity index (χ0n) is 17.2. The summed E-state index contributed by atoms with van der Waals surface area (Å²) < 4.78 is 0. The van der Waals surface area contributed by atoms with Crippen molar-refractivity contribution in [3.63, 3.8) is 0 Å². The summed E-state index contributed by atoms with van der Waals surface area (Å²) in [6.07, 6.45) is 3.51. The van der Waals surface area contributed by atoms with Crippen LogP contribution in [0.3, 0.4) is 0 Å². The van der Waals surface area contributed by atoms with Gasteiger partial charge in [-0.05, 0) is 60.2 Å². The van der Waals surface area contributed by atoms with Crippen molar-refractivity contribution < 1.29 is 5.11 Å². The second kappa shape index (κ2) is 8.70. The summed E-state index contributed by atoms with van der Waals surface area (Å²) in [6.45, 7) is 0. The lowest BCUT2D eigenvalue weighted by atomic mass is 10.0. The summed E-state index contributed by atoms with van der Waals surface area (Å²) in [7, 11) is 0. The number of pyridine rings is 3. The summed E-state index contributed by atoms with van der Waals surface area (Å²) >= 11 is 0. The lowest BCUT2D eigenvalue weighted by Gasteiger charge is -2.23. The summed E-state index contributed by atoms with van der Waals surface area (Å²) in [5.74, 6) is 1.75. The van der Waals surface area contributed by atoms with Gasteiger partial charge in [0.2, 0.25) is 0 Å². The summed E-state index contributed by atoms with van der Waals surface area (Å²) in [5.41, 5.74) is 4.06. The highest BCUT2D eigenvalue weighted by Crippen LogP contribution is 2.34. The van der Waals surface area contributed by atoms with Gasteiger partial charge in [-0.2, -0.15) is 0 Å². The molecule has 32 heavy (non-hydrogen) atoms. The summed E-state index contributed by atoms with van der Waals surface area (Å²) in [6, 6.07) is 32.8. The first kappa shape index (κ1) is 19.5. The zero-order chi connectivity index (χ0) is 21.8. The lowest BCUT2D eigenvalue weighted by Crippen LogP contribution is -2.13. The van der Waals surface area contributed by atoms with Gasteiger partial charge in [-0.25, -0.2) is 9.97 Å². The fourth-order valence-corrected chi connectivity index (χ4v) is 3.59. The van der Waals surface area contributed by atoms with E-state index in [4.69, 9.17) is 4.98 Å².